The summed E-state index contributed by atoms with van der Waals surface area (Å²) >= 11 is 12.8. The Labute approximate surface area is 138 Å². The van der Waals surface area contributed by atoms with Gasteiger partial charge in [0.15, 0.2) is 0 Å². The van der Waals surface area contributed by atoms with Gasteiger partial charge in [0.2, 0.25) is 0 Å². The Morgan fingerprint density at radius 3 is 2.40 bits per heavy atom. The third-order valence-electron chi connectivity index (χ3n) is 2.72. The summed E-state index contributed by atoms with van der Waals surface area (Å²) in [5, 5.41) is 0.343. The van der Waals surface area contributed by atoms with Gasteiger partial charge < -0.3 is 10.5 Å². The fraction of sp³-hybridized carbons (Fsp3) is 0.143. The van der Waals surface area contributed by atoms with Gasteiger partial charge in [0, 0.05) is 12.1 Å². The summed E-state index contributed by atoms with van der Waals surface area (Å²) in [7, 11) is 0. The average molecular weight is 424 g/mol. The van der Waals surface area contributed by atoms with Crippen LogP contribution >= 0.6 is 43.5 Å². The molecule has 0 heterocycles. The highest BCUT2D eigenvalue weighted by atomic mass is 79.9. The predicted molar refractivity (Wildman–Crippen MR) is 85.5 cm³/mol. The molecule has 0 amide bonds. The first kappa shape index (κ1) is 15.8. The first-order valence-electron chi connectivity index (χ1n) is 5.76. The van der Waals surface area contributed by atoms with E-state index in [2.05, 4.69) is 31.9 Å². The number of nitrogens with two attached hydrogens (primary N) is 1. The fourth-order valence-electron chi connectivity index (χ4n) is 1.68. The molecule has 0 aliphatic rings. The Hall–Kier alpha value is -0.620. The Kier molecular flexibility index (Phi) is 5.43. The van der Waals surface area contributed by atoms with Crippen molar-refractivity contribution < 1.29 is 9.13 Å². The van der Waals surface area contributed by atoms with Crippen molar-refractivity contribution in [3.8, 4) is 5.75 Å². The lowest BCUT2D eigenvalue weighted by Crippen LogP contribution is -2.02. The fourth-order valence-corrected chi connectivity index (χ4v) is 3.41. The van der Waals surface area contributed by atoms with Gasteiger partial charge in [-0.2, -0.15) is 0 Å². The average Bonchev–Trinajstić information content (AvgIpc) is 2.40. The van der Waals surface area contributed by atoms with E-state index >= 15 is 0 Å². The highest BCUT2D eigenvalue weighted by molar-refractivity contribution is 9.11. The molecule has 2 nitrogen and oxygen atoms in total. The van der Waals surface area contributed by atoms with Crippen molar-refractivity contribution in [3.63, 3.8) is 0 Å². The molecule has 0 atom stereocenters. The van der Waals surface area contributed by atoms with Crippen LogP contribution < -0.4 is 10.5 Å². The molecule has 2 aromatic rings. The van der Waals surface area contributed by atoms with Crippen LogP contribution in [-0.2, 0) is 13.2 Å². The number of halogens is 4. The molecule has 0 spiro atoms. The zero-order chi connectivity index (χ0) is 14.7. The van der Waals surface area contributed by atoms with Gasteiger partial charge in [0.25, 0.3) is 0 Å². The summed E-state index contributed by atoms with van der Waals surface area (Å²) in [6, 6.07) is 8.27. The number of rotatable bonds is 4. The van der Waals surface area contributed by atoms with Crippen molar-refractivity contribution in [2.24, 2.45) is 5.73 Å². The third kappa shape index (κ3) is 3.52. The summed E-state index contributed by atoms with van der Waals surface area (Å²) in [6.07, 6.45) is 0. The monoisotopic (exact) mass is 421 g/mol. The third-order valence-corrected chi connectivity index (χ3v) is 4.25. The molecule has 106 valence electrons. The molecule has 0 aliphatic carbocycles. The van der Waals surface area contributed by atoms with Crippen LogP contribution in [0.25, 0.3) is 0 Å². The van der Waals surface area contributed by atoms with E-state index in [0.29, 0.717) is 22.9 Å². The van der Waals surface area contributed by atoms with E-state index in [4.69, 9.17) is 22.1 Å². The maximum atomic E-state index is 13.7. The molecule has 0 aromatic heterocycles. The standard InChI is InChI=1S/C14H11Br2ClFNO/c15-10-4-8(6-19)5-11(16)14(10)20-7-9-12(17)2-1-3-13(9)18/h1-5H,6-7,19H2. The van der Waals surface area contributed by atoms with E-state index in [-0.39, 0.29) is 12.4 Å². The summed E-state index contributed by atoms with van der Waals surface area (Å²) in [5.74, 6) is 0.199. The minimum absolute atomic E-state index is 0.0463. The minimum Gasteiger partial charge on any atom is -0.486 e. The molecule has 0 bridgehead atoms. The summed E-state index contributed by atoms with van der Waals surface area (Å²) in [5.41, 5.74) is 6.88. The van der Waals surface area contributed by atoms with Gasteiger partial charge in [0.1, 0.15) is 18.2 Å². The summed E-state index contributed by atoms with van der Waals surface area (Å²) in [6.45, 7) is 0.474. The largest absolute Gasteiger partial charge is 0.486 e. The second kappa shape index (κ2) is 6.89. The Bertz CT molecular complexity index is 593. The Morgan fingerprint density at radius 2 is 1.85 bits per heavy atom. The lowest BCUT2D eigenvalue weighted by molar-refractivity contribution is 0.296. The number of hydrogen-bond acceptors (Lipinski definition) is 2. The lowest BCUT2D eigenvalue weighted by atomic mass is 10.2. The molecule has 0 fully saturated rings. The van der Waals surface area contributed by atoms with Crippen LogP contribution in [0, 0.1) is 5.82 Å². The summed E-state index contributed by atoms with van der Waals surface area (Å²) < 4.78 is 20.8. The minimum atomic E-state index is -0.386. The van der Waals surface area contributed by atoms with Gasteiger partial charge in [0.05, 0.1) is 14.0 Å². The van der Waals surface area contributed by atoms with E-state index in [0.717, 1.165) is 14.5 Å². The topological polar surface area (TPSA) is 35.2 Å². The zero-order valence-electron chi connectivity index (χ0n) is 10.3. The van der Waals surface area contributed by atoms with Crippen molar-refractivity contribution in [2.75, 3.05) is 0 Å². The van der Waals surface area contributed by atoms with Gasteiger partial charge in [-0.15, -0.1) is 0 Å². The van der Waals surface area contributed by atoms with Crippen LogP contribution in [0.4, 0.5) is 4.39 Å². The van der Waals surface area contributed by atoms with E-state index in [1.54, 1.807) is 12.1 Å². The SMILES string of the molecule is NCc1cc(Br)c(OCc2c(F)cccc2Cl)c(Br)c1. The van der Waals surface area contributed by atoms with Crippen molar-refractivity contribution in [1.29, 1.82) is 0 Å². The number of benzene rings is 2. The molecule has 20 heavy (non-hydrogen) atoms. The van der Waals surface area contributed by atoms with Crippen LogP contribution in [0.1, 0.15) is 11.1 Å². The first-order chi connectivity index (χ1) is 9.52. The number of ether oxygens (including phenoxy) is 1. The smallest absolute Gasteiger partial charge is 0.148 e. The van der Waals surface area contributed by atoms with Crippen LogP contribution in [0.3, 0.4) is 0 Å². The quantitative estimate of drug-likeness (QED) is 0.748. The molecular weight excluding hydrogens is 412 g/mol. The number of hydrogen-bond donors (Lipinski definition) is 1. The normalized spacial score (nSPS) is 10.7. The second-order valence-electron chi connectivity index (χ2n) is 4.08. The lowest BCUT2D eigenvalue weighted by Gasteiger charge is -2.13. The van der Waals surface area contributed by atoms with Gasteiger partial charge in [-0.3, -0.25) is 0 Å². The van der Waals surface area contributed by atoms with E-state index in [1.807, 2.05) is 12.1 Å². The van der Waals surface area contributed by atoms with Gasteiger partial charge in [-0.05, 0) is 61.7 Å². The van der Waals surface area contributed by atoms with E-state index in [9.17, 15) is 4.39 Å². The molecule has 0 aliphatic heterocycles. The molecule has 0 unspecified atom stereocenters. The Morgan fingerprint density at radius 1 is 1.20 bits per heavy atom. The highest BCUT2D eigenvalue weighted by Crippen LogP contribution is 2.35. The van der Waals surface area contributed by atoms with Crippen molar-refractivity contribution in [1.82, 2.24) is 0 Å². The van der Waals surface area contributed by atoms with Crippen molar-refractivity contribution >= 4 is 43.5 Å². The van der Waals surface area contributed by atoms with Crippen molar-refractivity contribution in [2.45, 2.75) is 13.2 Å². The maximum Gasteiger partial charge on any atom is 0.148 e. The molecule has 2 N–H and O–H groups in total. The molecule has 0 saturated carbocycles. The highest BCUT2D eigenvalue weighted by Gasteiger charge is 2.12. The van der Waals surface area contributed by atoms with Gasteiger partial charge in [-0.25, -0.2) is 4.39 Å². The predicted octanol–water partition coefficient (Wildman–Crippen LogP) is 5.04. The second-order valence-corrected chi connectivity index (χ2v) is 6.20. The van der Waals surface area contributed by atoms with Crippen molar-refractivity contribution in [3.05, 3.63) is 61.2 Å². The maximum absolute atomic E-state index is 13.7. The zero-order valence-corrected chi connectivity index (χ0v) is 14.2. The van der Waals surface area contributed by atoms with Crippen LogP contribution in [0.15, 0.2) is 39.3 Å². The van der Waals surface area contributed by atoms with Gasteiger partial charge >= 0.3 is 0 Å². The first-order valence-corrected chi connectivity index (χ1v) is 7.73. The molecule has 2 aromatic carbocycles. The summed E-state index contributed by atoms with van der Waals surface area (Å²) in [4.78, 5) is 0. The molecular formula is C14H11Br2ClFNO. The molecule has 6 heteroatoms. The van der Waals surface area contributed by atoms with E-state index in [1.165, 1.54) is 6.07 Å². The molecule has 2 rings (SSSR count). The molecule has 0 saturated heterocycles. The van der Waals surface area contributed by atoms with E-state index < -0.39 is 0 Å². The van der Waals surface area contributed by atoms with Crippen LogP contribution in [-0.4, -0.2) is 0 Å². The van der Waals surface area contributed by atoms with Crippen LogP contribution in [0.5, 0.6) is 5.75 Å². The molecule has 0 radical (unpaired) electrons. The van der Waals surface area contributed by atoms with Crippen LogP contribution in [0.2, 0.25) is 5.02 Å². The Balaban J connectivity index is 2.23. The van der Waals surface area contributed by atoms with Gasteiger partial charge in [-0.1, -0.05) is 17.7 Å².